The number of hydrogen-bond donors (Lipinski definition) is 0. The highest BCUT2D eigenvalue weighted by Gasteiger charge is 2.11. The van der Waals surface area contributed by atoms with E-state index in [1.807, 2.05) is 29.8 Å². The maximum absolute atomic E-state index is 6.18. The number of nitrogens with zero attached hydrogens (tertiary/aromatic N) is 2. The lowest BCUT2D eigenvalue weighted by atomic mass is 10.0. The minimum absolute atomic E-state index is 0. The van der Waals surface area contributed by atoms with Gasteiger partial charge in [-0.3, -0.25) is 0 Å². The lowest BCUT2D eigenvalue weighted by Crippen LogP contribution is -2.08. The van der Waals surface area contributed by atoms with Gasteiger partial charge in [0.15, 0.2) is 0 Å². The van der Waals surface area contributed by atoms with Crippen molar-refractivity contribution in [3.05, 3.63) is 47.0 Å². The SMILES string of the molecule is Cc1cc(OCCn2ccnc2)c(C(C)C)cc1Cl.Cl. The van der Waals surface area contributed by atoms with Crippen LogP contribution in [0.1, 0.15) is 30.9 Å². The Morgan fingerprint density at radius 2 is 2.10 bits per heavy atom. The van der Waals surface area contributed by atoms with Crippen LogP contribution in [-0.2, 0) is 6.54 Å². The summed E-state index contributed by atoms with van der Waals surface area (Å²) >= 11 is 6.18. The number of ether oxygens (including phenoxy) is 1. The molecule has 0 bridgehead atoms. The standard InChI is InChI=1S/C15H19ClN2O.ClH/c1-11(2)13-9-14(16)12(3)8-15(13)19-7-6-18-5-4-17-10-18;/h4-5,8-11H,6-7H2,1-3H3;1H. The molecule has 5 heteroatoms. The van der Waals surface area contributed by atoms with Crippen LogP contribution in [0.25, 0.3) is 0 Å². The molecule has 1 heterocycles. The molecule has 0 saturated heterocycles. The Balaban J connectivity index is 0.00000200. The highest BCUT2D eigenvalue weighted by Crippen LogP contribution is 2.31. The van der Waals surface area contributed by atoms with Gasteiger partial charge >= 0.3 is 0 Å². The van der Waals surface area contributed by atoms with Crippen molar-refractivity contribution >= 4 is 24.0 Å². The quantitative estimate of drug-likeness (QED) is 0.814. The second kappa shape index (κ2) is 7.55. The molecule has 0 fully saturated rings. The minimum Gasteiger partial charge on any atom is -0.491 e. The first-order chi connectivity index (χ1) is 9.08. The molecule has 0 aliphatic heterocycles. The average molecular weight is 315 g/mol. The van der Waals surface area contributed by atoms with Crippen molar-refractivity contribution < 1.29 is 4.74 Å². The third-order valence-corrected chi connectivity index (χ3v) is 3.49. The molecule has 110 valence electrons. The van der Waals surface area contributed by atoms with Gasteiger partial charge in [-0.05, 0) is 36.1 Å². The molecule has 3 nitrogen and oxygen atoms in total. The molecule has 0 unspecified atom stereocenters. The Bertz CT molecular complexity index is 539. The minimum atomic E-state index is 0. The number of aryl methyl sites for hydroxylation is 1. The first kappa shape index (κ1) is 16.9. The van der Waals surface area contributed by atoms with Crippen LogP contribution >= 0.6 is 24.0 Å². The third kappa shape index (κ3) is 4.15. The van der Waals surface area contributed by atoms with Gasteiger partial charge in [-0.25, -0.2) is 4.98 Å². The van der Waals surface area contributed by atoms with Crippen LogP contribution in [0.3, 0.4) is 0 Å². The van der Waals surface area contributed by atoms with Gasteiger partial charge in [-0.2, -0.15) is 0 Å². The fourth-order valence-corrected chi connectivity index (χ4v) is 2.10. The fourth-order valence-electron chi connectivity index (χ4n) is 1.93. The first-order valence-corrected chi connectivity index (χ1v) is 6.84. The largest absolute Gasteiger partial charge is 0.491 e. The monoisotopic (exact) mass is 314 g/mol. The number of rotatable bonds is 5. The molecule has 0 amide bonds. The number of aromatic nitrogens is 2. The summed E-state index contributed by atoms with van der Waals surface area (Å²) in [6, 6.07) is 4.03. The molecule has 20 heavy (non-hydrogen) atoms. The Hall–Kier alpha value is -1.19. The van der Waals surface area contributed by atoms with Gasteiger partial charge in [0, 0.05) is 17.4 Å². The van der Waals surface area contributed by atoms with Crippen molar-refractivity contribution in [2.75, 3.05) is 6.61 Å². The normalized spacial score (nSPS) is 10.4. The van der Waals surface area contributed by atoms with Gasteiger partial charge in [0.2, 0.25) is 0 Å². The molecule has 0 spiro atoms. The maximum atomic E-state index is 6.18. The van der Waals surface area contributed by atoms with E-state index in [2.05, 4.69) is 18.8 Å². The summed E-state index contributed by atoms with van der Waals surface area (Å²) in [7, 11) is 0. The molecule has 0 radical (unpaired) electrons. The van der Waals surface area contributed by atoms with E-state index in [-0.39, 0.29) is 12.4 Å². The van der Waals surface area contributed by atoms with E-state index in [1.165, 1.54) is 0 Å². The van der Waals surface area contributed by atoms with Crippen LogP contribution in [-0.4, -0.2) is 16.2 Å². The molecule has 1 aromatic carbocycles. The number of benzene rings is 1. The summed E-state index contributed by atoms with van der Waals surface area (Å²) in [6.45, 7) is 7.69. The molecule has 2 rings (SSSR count). The van der Waals surface area contributed by atoms with Crippen LogP contribution in [0.5, 0.6) is 5.75 Å². The zero-order valence-corrected chi connectivity index (χ0v) is 13.5. The van der Waals surface area contributed by atoms with E-state index in [9.17, 15) is 0 Å². The van der Waals surface area contributed by atoms with Crippen molar-refractivity contribution in [2.24, 2.45) is 0 Å². The van der Waals surface area contributed by atoms with Crippen molar-refractivity contribution in [1.29, 1.82) is 0 Å². The van der Waals surface area contributed by atoms with Crippen LogP contribution in [0.4, 0.5) is 0 Å². The summed E-state index contributed by atoms with van der Waals surface area (Å²) in [6.07, 6.45) is 5.49. The van der Waals surface area contributed by atoms with Crippen molar-refractivity contribution in [2.45, 2.75) is 33.2 Å². The summed E-state index contributed by atoms with van der Waals surface area (Å²) in [5.74, 6) is 1.32. The van der Waals surface area contributed by atoms with Crippen molar-refractivity contribution in [3.63, 3.8) is 0 Å². The van der Waals surface area contributed by atoms with Crippen LogP contribution in [0.2, 0.25) is 5.02 Å². The van der Waals surface area contributed by atoms with E-state index < -0.39 is 0 Å². The molecular formula is C15H20Cl2N2O. The lowest BCUT2D eigenvalue weighted by Gasteiger charge is -2.16. The van der Waals surface area contributed by atoms with E-state index in [4.69, 9.17) is 16.3 Å². The van der Waals surface area contributed by atoms with Gasteiger partial charge in [0.1, 0.15) is 12.4 Å². The molecular weight excluding hydrogens is 295 g/mol. The molecule has 2 aromatic rings. The van der Waals surface area contributed by atoms with E-state index in [1.54, 1.807) is 12.5 Å². The zero-order valence-electron chi connectivity index (χ0n) is 12.0. The molecule has 0 atom stereocenters. The highest BCUT2D eigenvalue weighted by atomic mass is 35.5. The van der Waals surface area contributed by atoms with Gasteiger partial charge < -0.3 is 9.30 Å². The van der Waals surface area contributed by atoms with Crippen LogP contribution in [0, 0.1) is 6.92 Å². The summed E-state index contributed by atoms with van der Waals surface area (Å²) in [5.41, 5.74) is 2.20. The Kier molecular flexibility index (Phi) is 6.37. The zero-order chi connectivity index (χ0) is 13.8. The van der Waals surface area contributed by atoms with E-state index >= 15 is 0 Å². The van der Waals surface area contributed by atoms with E-state index in [0.29, 0.717) is 12.5 Å². The van der Waals surface area contributed by atoms with Crippen LogP contribution < -0.4 is 4.74 Å². The second-order valence-corrected chi connectivity index (χ2v) is 5.35. The van der Waals surface area contributed by atoms with Crippen molar-refractivity contribution in [3.8, 4) is 5.75 Å². The third-order valence-electron chi connectivity index (χ3n) is 3.08. The second-order valence-electron chi connectivity index (χ2n) is 4.94. The highest BCUT2D eigenvalue weighted by molar-refractivity contribution is 6.31. The first-order valence-electron chi connectivity index (χ1n) is 6.46. The number of hydrogen-bond acceptors (Lipinski definition) is 2. The smallest absolute Gasteiger partial charge is 0.123 e. The topological polar surface area (TPSA) is 27.1 Å². The number of halogens is 2. The predicted molar refractivity (Wildman–Crippen MR) is 85.2 cm³/mol. The predicted octanol–water partition coefficient (Wildman–Crippen LogP) is 4.47. The summed E-state index contributed by atoms with van der Waals surface area (Å²) in [5, 5.41) is 0.797. The van der Waals surface area contributed by atoms with Gasteiger partial charge in [-0.1, -0.05) is 25.4 Å². The average Bonchev–Trinajstić information content (AvgIpc) is 2.86. The Morgan fingerprint density at radius 1 is 1.35 bits per heavy atom. The Morgan fingerprint density at radius 3 is 2.70 bits per heavy atom. The summed E-state index contributed by atoms with van der Waals surface area (Å²) in [4.78, 5) is 4.01. The van der Waals surface area contributed by atoms with Gasteiger partial charge in [0.05, 0.1) is 12.9 Å². The molecule has 0 aliphatic carbocycles. The van der Waals surface area contributed by atoms with Crippen molar-refractivity contribution in [1.82, 2.24) is 9.55 Å². The molecule has 1 aromatic heterocycles. The Labute approximate surface area is 131 Å². The van der Waals surface area contributed by atoms with E-state index in [0.717, 1.165) is 28.4 Å². The van der Waals surface area contributed by atoms with Gasteiger partial charge in [0.25, 0.3) is 0 Å². The lowest BCUT2D eigenvalue weighted by molar-refractivity contribution is 0.294. The summed E-state index contributed by atoms with van der Waals surface area (Å²) < 4.78 is 7.90. The maximum Gasteiger partial charge on any atom is 0.123 e. The molecule has 0 saturated carbocycles. The van der Waals surface area contributed by atoms with Gasteiger partial charge in [-0.15, -0.1) is 12.4 Å². The fraction of sp³-hybridized carbons (Fsp3) is 0.400. The molecule has 0 aliphatic rings. The van der Waals surface area contributed by atoms with Crippen LogP contribution in [0.15, 0.2) is 30.9 Å². The number of imidazole rings is 1. The molecule has 0 N–H and O–H groups in total.